The molecule has 2 nitrogen and oxygen atoms in total. The first kappa shape index (κ1) is 14.6. The van der Waals surface area contributed by atoms with Crippen molar-refractivity contribution in [2.24, 2.45) is 46.8 Å². The molecule has 0 aromatic rings. The highest BCUT2D eigenvalue weighted by molar-refractivity contribution is 5.78. The number of carbonyl (C=O) groups excluding carboxylic acids is 1. The molecule has 0 heterocycles. The van der Waals surface area contributed by atoms with Crippen LogP contribution < -0.4 is 0 Å². The molecule has 24 heavy (non-hydrogen) atoms. The Morgan fingerprint density at radius 3 is 1.71 bits per heavy atom. The molecule has 3 atom stereocenters. The van der Waals surface area contributed by atoms with Gasteiger partial charge in [-0.3, -0.25) is 4.79 Å². The lowest BCUT2D eigenvalue weighted by Gasteiger charge is -2.61. The van der Waals surface area contributed by atoms with Crippen LogP contribution in [0, 0.1) is 46.8 Å². The lowest BCUT2D eigenvalue weighted by molar-refractivity contribution is -0.223. The van der Waals surface area contributed by atoms with Gasteiger partial charge < -0.3 is 4.74 Å². The van der Waals surface area contributed by atoms with Gasteiger partial charge in [-0.1, -0.05) is 6.92 Å². The van der Waals surface area contributed by atoms with Crippen LogP contribution in [0.2, 0.25) is 0 Å². The van der Waals surface area contributed by atoms with Crippen LogP contribution >= 0.6 is 0 Å². The fraction of sp³-hybridized carbons (Fsp3) is 0.955. The number of hydrogen-bond acceptors (Lipinski definition) is 2. The van der Waals surface area contributed by atoms with Gasteiger partial charge in [-0.05, 0) is 112 Å². The number of ether oxygens (including phenoxy) is 1. The molecular weight excluding hydrogens is 296 g/mol. The third kappa shape index (κ3) is 1.86. The minimum Gasteiger partial charge on any atom is -0.458 e. The van der Waals surface area contributed by atoms with Gasteiger partial charge in [-0.15, -0.1) is 0 Å². The Hall–Kier alpha value is -0.530. The zero-order valence-corrected chi connectivity index (χ0v) is 15.1. The van der Waals surface area contributed by atoms with Crippen LogP contribution in [-0.2, 0) is 9.53 Å². The predicted octanol–water partition coefficient (Wildman–Crippen LogP) is 4.96. The van der Waals surface area contributed by atoms with E-state index in [0.717, 1.165) is 54.8 Å². The van der Waals surface area contributed by atoms with Gasteiger partial charge in [-0.25, -0.2) is 0 Å². The molecule has 8 aliphatic rings. The molecule has 8 aliphatic carbocycles. The van der Waals surface area contributed by atoms with Crippen molar-refractivity contribution in [3.05, 3.63) is 0 Å². The standard InChI is InChI=1S/C22H32O2/c1-13-19-6-17-5-18(7-19)12-22(13,11-17)24-20(23)21-8-14-2-15(9-21)4-16(3-14)10-21/h13-19H,2-12H2,1H3. The fourth-order valence-electron chi connectivity index (χ4n) is 9.05. The summed E-state index contributed by atoms with van der Waals surface area (Å²) in [5.41, 5.74) is -0.146. The lowest BCUT2D eigenvalue weighted by atomic mass is 9.48. The summed E-state index contributed by atoms with van der Waals surface area (Å²) in [7, 11) is 0. The van der Waals surface area contributed by atoms with E-state index in [2.05, 4.69) is 6.92 Å². The Labute approximate surface area is 146 Å². The number of carbonyl (C=O) groups is 1. The van der Waals surface area contributed by atoms with Gasteiger partial charge in [0.05, 0.1) is 5.41 Å². The van der Waals surface area contributed by atoms with Crippen LogP contribution in [0.3, 0.4) is 0 Å². The van der Waals surface area contributed by atoms with Crippen molar-refractivity contribution in [2.45, 2.75) is 83.2 Å². The highest BCUT2D eigenvalue weighted by Gasteiger charge is 2.61. The minimum atomic E-state index is -0.0742. The van der Waals surface area contributed by atoms with E-state index in [9.17, 15) is 4.79 Å². The van der Waals surface area contributed by atoms with E-state index in [0.29, 0.717) is 5.92 Å². The van der Waals surface area contributed by atoms with E-state index < -0.39 is 0 Å². The van der Waals surface area contributed by atoms with Crippen molar-refractivity contribution in [2.75, 3.05) is 0 Å². The van der Waals surface area contributed by atoms with Gasteiger partial charge in [0.15, 0.2) is 0 Å². The van der Waals surface area contributed by atoms with Gasteiger partial charge in [0.1, 0.15) is 5.60 Å². The summed E-state index contributed by atoms with van der Waals surface area (Å²) in [6.07, 6.45) is 14.3. The molecule has 0 radical (unpaired) electrons. The second-order valence-corrected chi connectivity index (χ2v) is 11.0. The van der Waals surface area contributed by atoms with E-state index in [1.54, 1.807) is 0 Å². The molecule has 3 unspecified atom stereocenters. The molecule has 8 bridgehead atoms. The predicted molar refractivity (Wildman–Crippen MR) is 92.1 cm³/mol. The first-order valence-electron chi connectivity index (χ1n) is 10.8. The van der Waals surface area contributed by atoms with Gasteiger partial charge >= 0.3 is 5.97 Å². The molecule has 0 aromatic heterocycles. The Bertz CT molecular complexity index is 529. The van der Waals surface area contributed by atoms with Crippen molar-refractivity contribution in [1.82, 2.24) is 0 Å². The molecule has 0 spiro atoms. The first-order valence-corrected chi connectivity index (χ1v) is 10.8. The van der Waals surface area contributed by atoms with E-state index in [4.69, 9.17) is 4.74 Å². The van der Waals surface area contributed by atoms with E-state index in [-0.39, 0.29) is 17.0 Å². The number of esters is 1. The van der Waals surface area contributed by atoms with Crippen molar-refractivity contribution < 1.29 is 9.53 Å². The van der Waals surface area contributed by atoms with Crippen LogP contribution in [0.1, 0.15) is 77.6 Å². The Kier molecular flexibility index (Phi) is 2.80. The third-order valence-corrected chi connectivity index (χ3v) is 9.51. The van der Waals surface area contributed by atoms with Crippen molar-refractivity contribution in [1.29, 1.82) is 0 Å². The maximum absolute atomic E-state index is 13.5. The summed E-state index contributed by atoms with van der Waals surface area (Å²) in [5, 5.41) is 0. The van der Waals surface area contributed by atoms with E-state index in [1.807, 2.05) is 0 Å². The zero-order valence-electron chi connectivity index (χ0n) is 15.1. The summed E-state index contributed by atoms with van der Waals surface area (Å²) >= 11 is 0. The second kappa shape index (κ2) is 4.60. The average Bonchev–Trinajstić information content (AvgIpc) is 2.50. The van der Waals surface area contributed by atoms with Gasteiger partial charge in [0, 0.05) is 0 Å². The van der Waals surface area contributed by atoms with Crippen molar-refractivity contribution in [3.63, 3.8) is 0 Å². The highest BCUT2D eigenvalue weighted by Crippen LogP contribution is 2.63. The Morgan fingerprint density at radius 2 is 1.21 bits per heavy atom. The van der Waals surface area contributed by atoms with Crippen LogP contribution in [0.5, 0.6) is 0 Å². The quantitative estimate of drug-likeness (QED) is 0.670. The summed E-state index contributed by atoms with van der Waals surface area (Å²) in [6, 6.07) is 0. The number of rotatable bonds is 2. The van der Waals surface area contributed by atoms with Crippen LogP contribution in [-0.4, -0.2) is 11.6 Å². The van der Waals surface area contributed by atoms with Crippen LogP contribution in [0.25, 0.3) is 0 Å². The molecule has 0 saturated heterocycles. The molecule has 0 amide bonds. The summed E-state index contributed by atoms with van der Waals surface area (Å²) in [4.78, 5) is 13.5. The molecule has 0 aliphatic heterocycles. The largest absolute Gasteiger partial charge is 0.458 e. The van der Waals surface area contributed by atoms with Crippen LogP contribution in [0.15, 0.2) is 0 Å². The van der Waals surface area contributed by atoms with Crippen LogP contribution in [0.4, 0.5) is 0 Å². The van der Waals surface area contributed by atoms with Crippen molar-refractivity contribution in [3.8, 4) is 0 Å². The second-order valence-electron chi connectivity index (χ2n) is 11.0. The molecule has 8 fully saturated rings. The maximum Gasteiger partial charge on any atom is 0.312 e. The third-order valence-electron chi connectivity index (χ3n) is 9.51. The van der Waals surface area contributed by atoms with E-state index in [1.165, 1.54) is 51.4 Å². The minimum absolute atomic E-state index is 0.0716. The van der Waals surface area contributed by atoms with Gasteiger partial charge in [0.25, 0.3) is 0 Å². The monoisotopic (exact) mass is 328 g/mol. The highest BCUT2D eigenvalue weighted by atomic mass is 16.6. The van der Waals surface area contributed by atoms with Gasteiger partial charge in [-0.2, -0.15) is 0 Å². The fourth-order valence-corrected chi connectivity index (χ4v) is 9.05. The molecular formula is C22H32O2. The molecule has 8 rings (SSSR count). The summed E-state index contributed by atoms with van der Waals surface area (Å²) in [5.74, 6) is 5.87. The molecule has 132 valence electrons. The summed E-state index contributed by atoms with van der Waals surface area (Å²) < 4.78 is 6.61. The normalized spacial score (nSPS) is 59.8. The lowest BCUT2D eigenvalue weighted by Crippen LogP contribution is -2.60. The van der Waals surface area contributed by atoms with Crippen molar-refractivity contribution >= 4 is 5.97 Å². The SMILES string of the molecule is CC1C2CC3CC(C2)CC1(OC(=O)C12CC4CC(CC(C4)C1)C2)C3. The molecule has 8 saturated carbocycles. The van der Waals surface area contributed by atoms with Gasteiger partial charge in [0.2, 0.25) is 0 Å². The Morgan fingerprint density at radius 1 is 0.750 bits per heavy atom. The molecule has 0 aromatic carbocycles. The smallest absolute Gasteiger partial charge is 0.312 e. The summed E-state index contributed by atoms with van der Waals surface area (Å²) in [6.45, 7) is 2.40. The number of hydrogen-bond donors (Lipinski definition) is 0. The topological polar surface area (TPSA) is 26.3 Å². The average molecular weight is 328 g/mol. The zero-order chi connectivity index (χ0) is 16.1. The molecule has 2 heteroatoms. The molecule has 0 N–H and O–H groups in total. The maximum atomic E-state index is 13.5. The first-order chi connectivity index (χ1) is 11.5. The Balaban J connectivity index is 1.28. The van der Waals surface area contributed by atoms with E-state index >= 15 is 0 Å².